The highest BCUT2D eigenvalue weighted by atomic mass is 35.8. The van der Waals surface area contributed by atoms with Gasteiger partial charge >= 0.3 is 6.00 Å². The molecule has 0 aliphatic carbocycles. The first-order valence-electron chi connectivity index (χ1n) is 4.70. The van der Waals surface area contributed by atoms with Crippen molar-refractivity contribution in [3.63, 3.8) is 0 Å². The van der Waals surface area contributed by atoms with Gasteiger partial charge in [0.1, 0.15) is 0 Å². The van der Waals surface area contributed by atoms with Gasteiger partial charge in [0.2, 0.25) is 5.82 Å². The van der Waals surface area contributed by atoms with Crippen molar-refractivity contribution in [2.75, 3.05) is 0 Å². The Labute approximate surface area is 115 Å². The van der Waals surface area contributed by atoms with Gasteiger partial charge in [0, 0.05) is 11.1 Å². The van der Waals surface area contributed by atoms with E-state index >= 15 is 0 Å². The van der Waals surface area contributed by atoms with Crippen molar-refractivity contribution in [3.8, 4) is 0 Å². The topological polar surface area (TPSA) is 0 Å². The van der Waals surface area contributed by atoms with Crippen LogP contribution < -0.4 is 0 Å². The number of hydrogen-bond acceptors (Lipinski definition) is 0. The molecule has 0 N–H and O–H groups in total. The SMILES string of the molecule is CC[C@@H](c1c(F)c(F)c(F)c(F)c1F)[Si](Cl)(Cl)Cl. The second-order valence-corrected chi connectivity index (χ2v) is 12.4. The van der Waals surface area contributed by atoms with E-state index in [9.17, 15) is 22.0 Å². The molecule has 0 fully saturated rings. The molecule has 0 unspecified atom stereocenters. The van der Waals surface area contributed by atoms with Crippen LogP contribution in [0.25, 0.3) is 0 Å². The average molecular weight is 344 g/mol. The van der Waals surface area contributed by atoms with E-state index in [1.165, 1.54) is 6.92 Å². The fourth-order valence-electron chi connectivity index (χ4n) is 1.53. The minimum atomic E-state index is -3.67. The molecule has 1 aromatic carbocycles. The number of rotatable bonds is 3. The molecule has 1 rings (SSSR count). The van der Waals surface area contributed by atoms with Crippen molar-refractivity contribution in [2.45, 2.75) is 18.9 Å². The Bertz CT molecular complexity index is 445. The van der Waals surface area contributed by atoms with Crippen molar-refractivity contribution in [1.82, 2.24) is 0 Å². The van der Waals surface area contributed by atoms with E-state index < -0.39 is 46.2 Å². The zero-order valence-corrected chi connectivity index (χ0v) is 12.1. The van der Waals surface area contributed by atoms with Crippen LogP contribution in [0, 0.1) is 29.1 Å². The van der Waals surface area contributed by atoms with Crippen LogP contribution in [-0.4, -0.2) is 6.00 Å². The molecule has 0 bridgehead atoms. The maximum absolute atomic E-state index is 13.5. The van der Waals surface area contributed by atoms with Gasteiger partial charge < -0.3 is 0 Å². The molecule has 0 radical (unpaired) electrons. The summed E-state index contributed by atoms with van der Waals surface area (Å²) < 4.78 is 65.9. The molecule has 0 saturated carbocycles. The summed E-state index contributed by atoms with van der Waals surface area (Å²) >= 11 is 16.9. The van der Waals surface area contributed by atoms with Crippen LogP contribution in [0.5, 0.6) is 0 Å². The van der Waals surface area contributed by atoms with Crippen LogP contribution in [-0.2, 0) is 0 Å². The van der Waals surface area contributed by atoms with E-state index in [2.05, 4.69) is 0 Å². The molecule has 0 aliphatic rings. The van der Waals surface area contributed by atoms with Crippen LogP contribution in [0.1, 0.15) is 24.4 Å². The predicted molar refractivity (Wildman–Crippen MR) is 62.6 cm³/mol. The predicted octanol–water partition coefficient (Wildman–Crippen LogP) is 5.07. The van der Waals surface area contributed by atoms with Gasteiger partial charge in [0.05, 0.1) is 0 Å². The largest absolute Gasteiger partial charge is 0.348 e. The lowest BCUT2D eigenvalue weighted by molar-refractivity contribution is 0.368. The maximum Gasteiger partial charge on any atom is 0.348 e. The van der Waals surface area contributed by atoms with Crippen molar-refractivity contribution in [3.05, 3.63) is 34.6 Å². The molecule has 0 saturated heterocycles. The Balaban J connectivity index is 3.59. The fourth-order valence-corrected chi connectivity index (χ4v) is 4.94. The first-order chi connectivity index (χ1) is 8.12. The Hall–Kier alpha value is -0.0431. The Morgan fingerprint density at radius 1 is 0.833 bits per heavy atom. The highest BCUT2D eigenvalue weighted by molar-refractivity contribution is 7.65. The maximum atomic E-state index is 13.5. The van der Waals surface area contributed by atoms with Gasteiger partial charge in [0.25, 0.3) is 0 Å². The minimum Gasteiger partial charge on any atom is -0.203 e. The lowest BCUT2D eigenvalue weighted by Crippen LogP contribution is -2.26. The molecule has 0 spiro atoms. The van der Waals surface area contributed by atoms with Gasteiger partial charge in [-0.05, 0) is 6.42 Å². The minimum absolute atomic E-state index is 0.0545. The third-order valence-corrected chi connectivity index (χ3v) is 6.25. The molecule has 0 aromatic heterocycles. The normalized spacial score (nSPS) is 13.8. The van der Waals surface area contributed by atoms with E-state index in [0.717, 1.165) is 0 Å². The van der Waals surface area contributed by atoms with Gasteiger partial charge in [-0.3, -0.25) is 0 Å². The lowest BCUT2D eigenvalue weighted by atomic mass is 10.1. The van der Waals surface area contributed by atoms with Crippen molar-refractivity contribution < 1.29 is 22.0 Å². The molecule has 102 valence electrons. The lowest BCUT2D eigenvalue weighted by Gasteiger charge is -2.22. The summed E-state index contributed by atoms with van der Waals surface area (Å²) in [7, 11) is 0. The first kappa shape index (κ1) is 16.0. The van der Waals surface area contributed by atoms with Gasteiger partial charge in [-0.2, -0.15) is 0 Å². The standard InChI is InChI=1S/C9H6Cl3F5Si/c1-2-3(18(10,11)12)4-5(13)7(15)9(17)8(16)6(4)14/h3H,2H2,1H3/t3-/m0/s1. The number of halogens is 8. The Morgan fingerprint density at radius 3 is 1.44 bits per heavy atom. The fraction of sp³-hybridized carbons (Fsp3) is 0.333. The van der Waals surface area contributed by atoms with Crippen LogP contribution in [0.3, 0.4) is 0 Å². The summed E-state index contributed by atoms with van der Waals surface area (Å²) in [6.07, 6.45) is -0.0545. The second kappa shape index (κ2) is 5.52. The summed E-state index contributed by atoms with van der Waals surface area (Å²) in [4.78, 5) is 0. The third-order valence-electron chi connectivity index (χ3n) is 2.40. The first-order valence-corrected chi connectivity index (χ1v) is 9.82. The second-order valence-electron chi connectivity index (χ2n) is 3.49. The van der Waals surface area contributed by atoms with Gasteiger partial charge in [-0.25, -0.2) is 22.0 Å². The summed E-state index contributed by atoms with van der Waals surface area (Å²) in [6.45, 7) is 1.43. The monoisotopic (exact) mass is 342 g/mol. The average Bonchev–Trinajstić information content (AvgIpc) is 2.27. The smallest absolute Gasteiger partial charge is 0.203 e. The molecule has 0 nitrogen and oxygen atoms in total. The summed E-state index contributed by atoms with van der Waals surface area (Å²) in [5, 5.41) is 0. The van der Waals surface area contributed by atoms with E-state index in [4.69, 9.17) is 33.2 Å². The van der Waals surface area contributed by atoms with Crippen LogP contribution in [0.4, 0.5) is 22.0 Å². The van der Waals surface area contributed by atoms with Crippen molar-refractivity contribution >= 4 is 39.2 Å². The van der Waals surface area contributed by atoms with Crippen molar-refractivity contribution in [2.24, 2.45) is 0 Å². The zero-order chi connectivity index (χ0) is 14.2. The van der Waals surface area contributed by atoms with Gasteiger partial charge in [-0.15, -0.1) is 33.2 Å². The quantitative estimate of drug-likeness (QED) is 0.236. The van der Waals surface area contributed by atoms with Crippen molar-refractivity contribution in [1.29, 1.82) is 0 Å². The molecule has 0 amide bonds. The Kier molecular flexibility index (Phi) is 4.91. The van der Waals surface area contributed by atoms with Crippen LogP contribution in [0.2, 0.25) is 0 Å². The van der Waals surface area contributed by atoms with E-state index in [-0.39, 0.29) is 6.42 Å². The number of hydrogen-bond donors (Lipinski definition) is 0. The van der Waals surface area contributed by atoms with Gasteiger partial charge in [0.15, 0.2) is 23.3 Å². The summed E-state index contributed by atoms with van der Waals surface area (Å²) in [6, 6.07) is -3.67. The molecule has 0 aliphatic heterocycles. The molecule has 1 atom stereocenters. The molecular weight excluding hydrogens is 338 g/mol. The van der Waals surface area contributed by atoms with E-state index in [1.807, 2.05) is 0 Å². The van der Waals surface area contributed by atoms with Gasteiger partial charge in [-0.1, -0.05) is 6.92 Å². The molecular formula is C9H6Cl3F5Si. The Morgan fingerprint density at radius 2 is 1.17 bits per heavy atom. The van der Waals surface area contributed by atoms with E-state index in [1.54, 1.807) is 0 Å². The summed E-state index contributed by atoms with van der Waals surface area (Å²) in [5.74, 6) is -10.2. The molecule has 0 heterocycles. The van der Waals surface area contributed by atoms with Crippen LogP contribution in [0.15, 0.2) is 0 Å². The molecule has 1 aromatic rings. The highest BCUT2D eigenvalue weighted by Gasteiger charge is 2.42. The molecule has 18 heavy (non-hydrogen) atoms. The van der Waals surface area contributed by atoms with E-state index in [0.29, 0.717) is 0 Å². The number of benzene rings is 1. The summed E-state index contributed by atoms with van der Waals surface area (Å²) in [5.41, 5.74) is -2.37. The third kappa shape index (κ3) is 2.76. The highest BCUT2D eigenvalue weighted by Crippen LogP contribution is 2.42. The molecule has 9 heteroatoms. The zero-order valence-electron chi connectivity index (χ0n) is 8.81. The van der Waals surface area contributed by atoms with Crippen LogP contribution >= 0.6 is 33.2 Å².